The predicted molar refractivity (Wildman–Crippen MR) is 140 cm³/mol. The van der Waals surface area contributed by atoms with Crippen LogP contribution in [0.25, 0.3) is 23.0 Å². The number of carbonyl (C=O) groups is 3. The first kappa shape index (κ1) is 27.0. The lowest BCUT2D eigenvalue weighted by Crippen LogP contribution is -2.43. The lowest BCUT2D eigenvalue weighted by Gasteiger charge is -2.27. The third-order valence-corrected chi connectivity index (χ3v) is 6.15. The number of esters is 1. The molecule has 0 unspecified atom stereocenters. The molecule has 39 heavy (non-hydrogen) atoms. The van der Waals surface area contributed by atoms with Gasteiger partial charge in [0, 0.05) is 36.4 Å². The van der Waals surface area contributed by atoms with E-state index in [2.05, 4.69) is 5.10 Å². The van der Waals surface area contributed by atoms with Gasteiger partial charge in [0.25, 0.3) is 11.8 Å². The Kier molecular flexibility index (Phi) is 8.01. The summed E-state index contributed by atoms with van der Waals surface area (Å²) in [5.41, 5.74) is 2.21. The largest absolute Gasteiger partial charge is 0.494 e. The molecule has 0 fully saturated rings. The number of aromatic nitrogens is 2. The van der Waals surface area contributed by atoms with Crippen molar-refractivity contribution in [2.24, 2.45) is 0 Å². The summed E-state index contributed by atoms with van der Waals surface area (Å²) in [5.74, 6) is -2.29. The van der Waals surface area contributed by atoms with Crippen LogP contribution in [0.3, 0.4) is 0 Å². The first-order valence-electron chi connectivity index (χ1n) is 12.1. The number of halogens is 1. The third kappa shape index (κ3) is 5.62. The van der Waals surface area contributed by atoms with Gasteiger partial charge in [-0.05, 0) is 55.3 Å². The maximum atomic E-state index is 14.6. The Balaban J connectivity index is 1.82. The summed E-state index contributed by atoms with van der Waals surface area (Å²) in [6, 6.07) is 15.6. The molecular weight excluding hydrogens is 503 g/mol. The van der Waals surface area contributed by atoms with Gasteiger partial charge in [-0.3, -0.25) is 19.3 Å². The van der Waals surface area contributed by atoms with Crippen molar-refractivity contribution in [3.05, 3.63) is 82.8 Å². The van der Waals surface area contributed by atoms with E-state index in [1.165, 1.54) is 33.1 Å². The van der Waals surface area contributed by atoms with Crippen LogP contribution in [0.4, 0.5) is 4.39 Å². The van der Waals surface area contributed by atoms with Crippen molar-refractivity contribution in [2.75, 3.05) is 20.3 Å². The van der Waals surface area contributed by atoms with E-state index in [1.807, 2.05) is 36.4 Å². The highest BCUT2D eigenvalue weighted by molar-refractivity contribution is 6.19. The van der Waals surface area contributed by atoms with Crippen molar-refractivity contribution >= 4 is 23.9 Å². The Bertz CT molecular complexity index is 1550. The van der Waals surface area contributed by atoms with E-state index >= 15 is 0 Å². The Morgan fingerprint density at radius 3 is 2.54 bits per heavy atom. The van der Waals surface area contributed by atoms with Crippen molar-refractivity contribution in [1.82, 2.24) is 14.7 Å². The SMILES string of the molecule is COc1ccc(-c2nn(-c3ccccc3)cc2/C=C2/C(=O)N(CCCOC(C)=O)C(=O)C(C#N)=C2C)cc1F. The summed E-state index contributed by atoms with van der Waals surface area (Å²) in [7, 11) is 1.37. The van der Waals surface area contributed by atoms with Crippen molar-refractivity contribution in [2.45, 2.75) is 20.3 Å². The number of para-hydroxylation sites is 1. The maximum absolute atomic E-state index is 14.6. The molecule has 0 spiro atoms. The van der Waals surface area contributed by atoms with E-state index in [0.717, 1.165) is 10.6 Å². The molecule has 0 radical (unpaired) electrons. The molecule has 0 saturated carbocycles. The second kappa shape index (κ2) is 11.6. The quantitative estimate of drug-likeness (QED) is 0.186. The molecule has 2 heterocycles. The average Bonchev–Trinajstić information content (AvgIpc) is 3.35. The van der Waals surface area contributed by atoms with Crippen LogP contribution >= 0.6 is 0 Å². The number of benzene rings is 2. The molecule has 2 aromatic carbocycles. The molecule has 9 nitrogen and oxygen atoms in total. The van der Waals surface area contributed by atoms with Crippen molar-refractivity contribution in [3.63, 3.8) is 0 Å². The van der Waals surface area contributed by atoms with E-state index in [4.69, 9.17) is 9.47 Å². The van der Waals surface area contributed by atoms with Crippen LogP contribution < -0.4 is 4.74 Å². The molecule has 198 valence electrons. The van der Waals surface area contributed by atoms with Gasteiger partial charge in [-0.1, -0.05) is 18.2 Å². The number of carbonyl (C=O) groups excluding carboxylic acids is 3. The number of imide groups is 1. The number of ether oxygens (including phenoxy) is 2. The standard InChI is InChI=1S/C29H25FN4O5/c1-18-23(28(36)33(29(37)24(18)16-31)12-7-13-39-19(2)35)14-21-17-34(22-8-5-4-6-9-22)32-27(21)20-10-11-26(38-3)25(30)15-20/h4-6,8-11,14-15,17H,7,12-13H2,1-3H3/b23-14+. The smallest absolute Gasteiger partial charge is 0.302 e. The Morgan fingerprint density at radius 1 is 1.15 bits per heavy atom. The second-order valence-corrected chi connectivity index (χ2v) is 8.69. The fourth-order valence-corrected chi connectivity index (χ4v) is 4.17. The summed E-state index contributed by atoms with van der Waals surface area (Å²) in [4.78, 5) is 38.4. The highest BCUT2D eigenvalue weighted by Gasteiger charge is 2.35. The lowest BCUT2D eigenvalue weighted by atomic mass is 9.93. The molecule has 2 amide bonds. The van der Waals surface area contributed by atoms with E-state index < -0.39 is 23.6 Å². The molecule has 3 aromatic rings. The van der Waals surface area contributed by atoms with Gasteiger partial charge < -0.3 is 9.47 Å². The molecule has 1 aliphatic rings. The first-order valence-corrected chi connectivity index (χ1v) is 12.1. The lowest BCUT2D eigenvalue weighted by molar-refractivity contribution is -0.141. The summed E-state index contributed by atoms with van der Waals surface area (Å²) in [6.07, 6.45) is 3.45. The van der Waals surface area contributed by atoms with Crippen LogP contribution in [0.5, 0.6) is 5.75 Å². The highest BCUT2D eigenvalue weighted by Crippen LogP contribution is 2.32. The van der Waals surface area contributed by atoms with Gasteiger partial charge in [0.05, 0.1) is 19.4 Å². The number of nitrogens with zero attached hydrogens (tertiary/aromatic N) is 4. The topological polar surface area (TPSA) is 115 Å². The Hall–Kier alpha value is -5.04. The van der Waals surface area contributed by atoms with E-state index in [9.17, 15) is 24.0 Å². The minimum Gasteiger partial charge on any atom is -0.494 e. The summed E-state index contributed by atoms with van der Waals surface area (Å²) < 4.78 is 26.2. The monoisotopic (exact) mass is 528 g/mol. The minimum absolute atomic E-state index is 0.0209. The van der Waals surface area contributed by atoms with Crippen LogP contribution in [0, 0.1) is 17.1 Å². The predicted octanol–water partition coefficient (Wildman–Crippen LogP) is 4.23. The zero-order chi connectivity index (χ0) is 28.1. The molecule has 1 aliphatic heterocycles. The zero-order valence-electron chi connectivity index (χ0n) is 21.6. The molecule has 4 rings (SSSR count). The fourth-order valence-electron chi connectivity index (χ4n) is 4.17. The number of nitriles is 1. The van der Waals surface area contributed by atoms with E-state index in [0.29, 0.717) is 16.8 Å². The molecule has 0 bridgehead atoms. The molecule has 0 atom stereocenters. The average molecular weight is 529 g/mol. The molecule has 10 heteroatoms. The maximum Gasteiger partial charge on any atom is 0.302 e. The number of hydrogen-bond donors (Lipinski definition) is 0. The highest BCUT2D eigenvalue weighted by atomic mass is 19.1. The molecule has 0 aliphatic carbocycles. The van der Waals surface area contributed by atoms with Gasteiger partial charge >= 0.3 is 5.97 Å². The molecule has 0 N–H and O–H groups in total. The van der Waals surface area contributed by atoms with Crippen molar-refractivity contribution in [1.29, 1.82) is 5.26 Å². The zero-order valence-corrected chi connectivity index (χ0v) is 21.6. The van der Waals surface area contributed by atoms with Gasteiger partial charge in [-0.25, -0.2) is 9.07 Å². The number of rotatable bonds is 8. The van der Waals surface area contributed by atoms with Gasteiger partial charge in [0.1, 0.15) is 17.3 Å². The second-order valence-electron chi connectivity index (χ2n) is 8.69. The van der Waals surface area contributed by atoms with Crippen molar-refractivity contribution < 1.29 is 28.2 Å². The Morgan fingerprint density at radius 2 is 1.90 bits per heavy atom. The first-order chi connectivity index (χ1) is 18.7. The van der Waals surface area contributed by atoms with Crippen LogP contribution in [-0.4, -0.2) is 52.7 Å². The normalized spacial score (nSPS) is 14.5. The molecule has 1 aromatic heterocycles. The minimum atomic E-state index is -0.711. The van der Waals surface area contributed by atoms with Gasteiger partial charge in [-0.2, -0.15) is 10.4 Å². The van der Waals surface area contributed by atoms with Gasteiger partial charge in [-0.15, -0.1) is 0 Å². The number of amides is 2. The van der Waals surface area contributed by atoms with Crippen LogP contribution in [-0.2, 0) is 19.1 Å². The number of hydrogen-bond acceptors (Lipinski definition) is 7. The summed E-state index contributed by atoms with van der Waals surface area (Å²) >= 11 is 0. The fraction of sp³-hybridized carbons (Fsp3) is 0.207. The van der Waals surface area contributed by atoms with Gasteiger partial charge in [0.15, 0.2) is 11.6 Å². The third-order valence-electron chi connectivity index (χ3n) is 6.15. The summed E-state index contributed by atoms with van der Waals surface area (Å²) in [5, 5.41) is 14.4. The van der Waals surface area contributed by atoms with Crippen LogP contribution in [0.1, 0.15) is 25.8 Å². The molecular formula is C29H25FN4O5. The van der Waals surface area contributed by atoms with E-state index in [-0.39, 0.29) is 42.0 Å². The Labute approximate surface area is 224 Å². The number of methoxy groups -OCH3 is 1. The van der Waals surface area contributed by atoms with Gasteiger partial charge in [0.2, 0.25) is 0 Å². The summed E-state index contributed by atoms with van der Waals surface area (Å²) in [6.45, 7) is 2.78. The van der Waals surface area contributed by atoms with Crippen LogP contribution in [0.2, 0.25) is 0 Å². The van der Waals surface area contributed by atoms with Crippen LogP contribution in [0.15, 0.2) is 71.4 Å². The molecule has 0 saturated heterocycles. The van der Waals surface area contributed by atoms with Crippen molar-refractivity contribution in [3.8, 4) is 28.8 Å². The van der Waals surface area contributed by atoms with E-state index in [1.54, 1.807) is 23.0 Å².